The molecule has 0 aromatic carbocycles. The fourth-order valence-corrected chi connectivity index (χ4v) is 3.50. The molecule has 0 bridgehead atoms. The number of aromatic nitrogens is 1. The van der Waals surface area contributed by atoms with Crippen molar-refractivity contribution in [2.75, 3.05) is 39.1 Å². The summed E-state index contributed by atoms with van der Waals surface area (Å²) in [6, 6.07) is 0. The van der Waals surface area contributed by atoms with Gasteiger partial charge in [-0.25, -0.2) is 4.98 Å². The van der Waals surface area contributed by atoms with Crippen LogP contribution in [0.5, 0.6) is 0 Å². The van der Waals surface area contributed by atoms with Gasteiger partial charge < -0.3 is 15.4 Å². The molecule has 1 fully saturated rings. The van der Waals surface area contributed by atoms with Crippen LogP contribution in [0.4, 0.5) is 0 Å². The van der Waals surface area contributed by atoms with E-state index >= 15 is 0 Å². The highest BCUT2D eigenvalue weighted by molar-refractivity contribution is 8.00. The molecule has 7 heteroatoms. The summed E-state index contributed by atoms with van der Waals surface area (Å²) < 4.78 is 6.76. The zero-order valence-electron chi connectivity index (χ0n) is 13.2. The third kappa shape index (κ3) is 8.00. The summed E-state index contributed by atoms with van der Waals surface area (Å²) in [6.45, 7) is 3.61. The van der Waals surface area contributed by atoms with Gasteiger partial charge in [-0.05, 0) is 31.6 Å². The van der Waals surface area contributed by atoms with Crippen LogP contribution in [0.1, 0.15) is 25.7 Å². The third-order valence-electron chi connectivity index (χ3n) is 3.28. The number of nitrogens with zero attached hydrogens (tertiary/aromatic N) is 2. The first-order chi connectivity index (χ1) is 10.9. The van der Waals surface area contributed by atoms with Crippen LogP contribution in [-0.2, 0) is 4.74 Å². The Balaban J connectivity index is 1.40. The van der Waals surface area contributed by atoms with Crippen LogP contribution in [0.3, 0.4) is 0 Å². The van der Waals surface area contributed by atoms with Gasteiger partial charge in [-0.3, -0.25) is 4.99 Å². The van der Waals surface area contributed by atoms with Crippen molar-refractivity contribution in [3.05, 3.63) is 11.6 Å². The minimum atomic E-state index is 0.838. The molecule has 2 rings (SSSR count). The van der Waals surface area contributed by atoms with Gasteiger partial charge in [0.15, 0.2) is 5.96 Å². The van der Waals surface area contributed by atoms with Gasteiger partial charge in [-0.15, -0.1) is 11.3 Å². The van der Waals surface area contributed by atoms with Crippen molar-refractivity contribution in [2.24, 2.45) is 10.9 Å². The second kappa shape index (κ2) is 10.9. The average Bonchev–Trinajstić information content (AvgIpc) is 3.21. The Morgan fingerprint density at radius 1 is 1.41 bits per heavy atom. The number of hydrogen-bond donors (Lipinski definition) is 2. The standard InChI is InChI=1S/C15H26N4OS2/c1-16-14(17-6-2-9-20-12-13-4-5-13)18-7-3-10-21-15-19-8-11-22-15/h8,11,13H,2-7,9-10,12H2,1H3,(H2,16,17,18). The molecule has 1 aliphatic rings. The highest BCUT2D eigenvalue weighted by Crippen LogP contribution is 2.28. The highest BCUT2D eigenvalue weighted by Gasteiger charge is 2.20. The van der Waals surface area contributed by atoms with Crippen LogP contribution in [0.2, 0.25) is 0 Å². The summed E-state index contributed by atoms with van der Waals surface area (Å²) in [6.07, 6.45) is 6.68. The Morgan fingerprint density at radius 2 is 2.23 bits per heavy atom. The Morgan fingerprint density at radius 3 is 2.91 bits per heavy atom. The van der Waals surface area contributed by atoms with E-state index in [2.05, 4.69) is 20.6 Å². The van der Waals surface area contributed by atoms with E-state index in [-0.39, 0.29) is 0 Å². The molecular formula is C15H26N4OS2. The van der Waals surface area contributed by atoms with E-state index in [0.717, 1.165) is 61.1 Å². The summed E-state index contributed by atoms with van der Waals surface area (Å²) in [7, 11) is 1.81. The van der Waals surface area contributed by atoms with Crippen LogP contribution in [-0.4, -0.2) is 50.0 Å². The van der Waals surface area contributed by atoms with Crippen LogP contribution in [0.15, 0.2) is 20.9 Å². The van der Waals surface area contributed by atoms with E-state index in [1.807, 2.05) is 30.4 Å². The number of rotatable bonds is 11. The molecule has 0 aliphatic heterocycles. The molecule has 0 saturated heterocycles. The lowest BCUT2D eigenvalue weighted by atomic mass is 10.4. The Hall–Kier alpha value is -0.790. The van der Waals surface area contributed by atoms with Crippen molar-refractivity contribution in [3.8, 4) is 0 Å². The van der Waals surface area contributed by atoms with E-state index in [9.17, 15) is 0 Å². The number of thiazole rings is 1. The molecule has 124 valence electrons. The molecule has 0 amide bonds. The van der Waals surface area contributed by atoms with Gasteiger partial charge in [0.25, 0.3) is 0 Å². The van der Waals surface area contributed by atoms with Crippen LogP contribution in [0.25, 0.3) is 0 Å². The van der Waals surface area contributed by atoms with Crippen molar-refractivity contribution in [1.82, 2.24) is 15.6 Å². The fourth-order valence-electron chi connectivity index (χ4n) is 1.86. The lowest BCUT2D eigenvalue weighted by Crippen LogP contribution is -2.38. The normalized spacial score (nSPS) is 15.0. The maximum absolute atomic E-state index is 5.61. The largest absolute Gasteiger partial charge is 0.381 e. The summed E-state index contributed by atoms with van der Waals surface area (Å²) in [4.78, 5) is 8.49. The van der Waals surface area contributed by atoms with Gasteiger partial charge in [0.05, 0.1) is 0 Å². The van der Waals surface area contributed by atoms with Crippen molar-refractivity contribution in [2.45, 2.75) is 30.0 Å². The zero-order chi connectivity index (χ0) is 15.5. The molecule has 1 aromatic rings. The maximum Gasteiger partial charge on any atom is 0.190 e. The number of guanidine groups is 1. The molecule has 1 aromatic heterocycles. The molecule has 22 heavy (non-hydrogen) atoms. The van der Waals surface area contributed by atoms with E-state index in [4.69, 9.17) is 4.74 Å². The van der Waals surface area contributed by atoms with Gasteiger partial charge in [0.2, 0.25) is 0 Å². The van der Waals surface area contributed by atoms with Gasteiger partial charge in [-0.1, -0.05) is 11.8 Å². The average molecular weight is 343 g/mol. The van der Waals surface area contributed by atoms with Crippen molar-refractivity contribution in [1.29, 1.82) is 0 Å². The van der Waals surface area contributed by atoms with Crippen LogP contribution < -0.4 is 10.6 Å². The first-order valence-corrected chi connectivity index (χ1v) is 9.79. The number of hydrogen-bond acceptors (Lipinski definition) is 5. The van der Waals surface area contributed by atoms with Crippen molar-refractivity contribution >= 4 is 29.1 Å². The zero-order valence-corrected chi connectivity index (χ0v) is 14.8. The molecule has 5 nitrogen and oxygen atoms in total. The fraction of sp³-hybridized carbons (Fsp3) is 0.733. The number of aliphatic imine (C=N–C) groups is 1. The van der Waals surface area contributed by atoms with Crippen LogP contribution in [0, 0.1) is 5.92 Å². The van der Waals surface area contributed by atoms with Gasteiger partial charge in [-0.2, -0.15) is 0 Å². The van der Waals surface area contributed by atoms with Gasteiger partial charge in [0.1, 0.15) is 4.34 Å². The van der Waals surface area contributed by atoms with E-state index in [0.29, 0.717) is 0 Å². The van der Waals surface area contributed by atoms with E-state index < -0.39 is 0 Å². The molecule has 0 unspecified atom stereocenters. The lowest BCUT2D eigenvalue weighted by molar-refractivity contribution is 0.123. The minimum absolute atomic E-state index is 0.838. The van der Waals surface area contributed by atoms with Gasteiger partial charge in [0, 0.05) is 50.7 Å². The number of thioether (sulfide) groups is 1. The first-order valence-electron chi connectivity index (χ1n) is 7.93. The second-order valence-corrected chi connectivity index (χ2v) is 7.53. The summed E-state index contributed by atoms with van der Waals surface area (Å²) in [5, 5.41) is 8.67. The van der Waals surface area contributed by atoms with Gasteiger partial charge >= 0.3 is 0 Å². The second-order valence-electron chi connectivity index (χ2n) is 5.30. The number of nitrogens with one attached hydrogen (secondary N) is 2. The topological polar surface area (TPSA) is 58.5 Å². The summed E-state index contributed by atoms with van der Waals surface area (Å²) in [5.41, 5.74) is 0. The molecule has 2 N–H and O–H groups in total. The Bertz CT molecular complexity index is 421. The minimum Gasteiger partial charge on any atom is -0.381 e. The smallest absolute Gasteiger partial charge is 0.190 e. The molecule has 0 atom stereocenters. The predicted molar refractivity (Wildman–Crippen MR) is 95.0 cm³/mol. The first kappa shape index (κ1) is 17.6. The number of ether oxygens (including phenoxy) is 1. The predicted octanol–water partition coefficient (Wildman–Crippen LogP) is 2.61. The Labute approximate surface area is 141 Å². The quantitative estimate of drug-likeness (QED) is 0.280. The monoisotopic (exact) mass is 342 g/mol. The third-order valence-corrected chi connectivity index (χ3v) is 5.33. The molecule has 0 radical (unpaired) electrons. The molecule has 1 heterocycles. The van der Waals surface area contributed by atoms with E-state index in [1.54, 1.807) is 11.3 Å². The van der Waals surface area contributed by atoms with Crippen molar-refractivity contribution < 1.29 is 4.74 Å². The molecule has 0 spiro atoms. The van der Waals surface area contributed by atoms with Crippen molar-refractivity contribution in [3.63, 3.8) is 0 Å². The van der Waals surface area contributed by atoms with E-state index in [1.165, 1.54) is 12.8 Å². The summed E-state index contributed by atoms with van der Waals surface area (Å²) >= 11 is 3.51. The molecule has 1 saturated carbocycles. The lowest BCUT2D eigenvalue weighted by Gasteiger charge is -2.11. The SMILES string of the molecule is CN=C(NCCCOCC1CC1)NCCCSc1nccs1. The summed E-state index contributed by atoms with van der Waals surface area (Å²) in [5.74, 6) is 2.80. The maximum atomic E-state index is 5.61. The molecular weight excluding hydrogens is 316 g/mol. The Kier molecular flexibility index (Phi) is 8.67. The highest BCUT2D eigenvalue weighted by atomic mass is 32.2. The van der Waals surface area contributed by atoms with Crippen LogP contribution >= 0.6 is 23.1 Å². The molecule has 1 aliphatic carbocycles.